The second-order valence-electron chi connectivity index (χ2n) is 5.67. The van der Waals surface area contributed by atoms with Gasteiger partial charge in [0, 0.05) is 26.2 Å². The van der Waals surface area contributed by atoms with Crippen LogP contribution in [-0.2, 0) is 9.59 Å². The highest BCUT2D eigenvalue weighted by Crippen LogP contribution is 2.12. The molecule has 0 heterocycles. The molecule has 0 saturated carbocycles. The van der Waals surface area contributed by atoms with Crippen LogP contribution in [0.1, 0.15) is 52.4 Å². The SMILES string of the molecule is CCCN(CCCCCCN(CCC)C(=O)C(Cl)Cl)C(=O)C(Cl)Cl. The molecular formula is C16H28Cl4N2O2. The Kier molecular flexibility index (Phi) is 14.3. The molecule has 0 aromatic carbocycles. The number of hydrogen-bond donors (Lipinski definition) is 0. The number of nitrogens with zero attached hydrogens (tertiary/aromatic N) is 2. The Bertz CT molecular complexity index is 334. The molecule has 4 nitrogen and oxygen atoms in total. The minimum atomic E-state index is -0.996. The second kappa shape index (κ2) is 14.3. The first-order valence-electron chi connectivity index (χ1n) is 8.48. The van der Waals surface area contributed by atoms with E-state index in [2.05, 4.69) is 0 Å². The van der Waals surface area contributed by atoms with E-state index in [1.807, 2.05) is 13.8 Å². The molecule has 0 rings (SSSR count). The van der Waals surface area contributed by atoms with Gasteiger partial charge in [0.05, 0.1) is 0 Å². The lowest BCUT2D eigenvalue weighted by Gasteiger charge is -2.23. The molecule has 0 aromatic heterocycles. The summed E-state index contributed by atoms with van der Waals surface area (Å²) in [6, 6.07) is 0. The molecule has 0 aliphatic heterocycles. The van der Waals surface area contributed by atoms with E-state index in [0.29, 0.717) is 26.2 Å². The number of carbonyl (C=O) groups is 2. The molecule has 0 aliphatic rings. The lowest BCUT2D eigenvalue weighted by Crippen LogP contribution is -2.36. The molecule has 0 aromatic rings. The first-order chi connectivity index (χ1) is 11.3. The zero-order valence-corrected chi connectivity index (χ0v) is 17.5. The summed E-state index contributed by atoms with van der Waals surface area (Å²) in [4.78, 5) is 25.1. The molecule has 0 unspecified atom stereocenters. The quantitative estimate of drug-likeness (QED) is 0.321. The maximum absolute atomic E-state index is 11.8. The summed E-state index contributed by atoms with van der Waals surface area (Å²) in [5, 5.41) is 0. The highest BCUT2D eigenvalue weighted by molar-refractivity contribution is 6.53. The Morgan fingerprint density at radius 1 is 0.667 bits per heavy atom. The minimum Gasteiger partial charge on any atom is -0.340 e. The van der Waals surface area contributed by atoms with Gasteiger partial charge in [-0.1, -0.05) is 73.1 Å². The van der Waals surface area contributed by atoms with Gasteiger partial charge < -0.3 is 9.80 Å². The molecular weight excluding hydrogens is 394 g/mol. The highest BCUT2D eigenvalue weighted by Gasteiger charge is 2.20. The molecule has 0 radical (unpaired) electrons. The van der Waals surface area contributed by atoms with Gasteiger partial charge in [0.15, 0.2) is 9.67 Å². The third kappa shape index (κ3) is 10.2. The lowest BCUT2D eigenvalue weighted by molar-refractivity contribution is -0.130. The number of hydrogen-bond acceptors (Lipinski definition) is 2. The van der Waals surface area contributed by atoms with Gasteiger partial charge in [-0.15, -0.1) is 0 Å². The van der Waals surface area contributed by atoms with Crippen molar-refractivity contribution in [2.45, 2.75) is 62.0 Å². The summed E-state index contributed by atoms with van der Waals surface area (Å²) >= 11 is 22.6. The van der Waals surface area contributed by atoms with Crippen LogP contribution in [0.2, 0.25) is 0 Å². The van der Waals surface area contributed by atoms with Crippen molar-refractivity contribution >= 4 is 58.2 Å². The van der Waals surface area contributed by atoms with Crippen LogP contribution in [0.3, 0.4) is 0 Å². The summed E-state index contributed by atoms with van der Waals surface area (Å²) in [6.07, 6.45) is 5.48. The first-order valence-corrected chi connectivity index (χ1v) is 10.2. The van der Waals surface area contributed by atoms with Gasteiger partial charge in [-0.3, -0.25) is 9.59 Å². The van der Waals surface area contributed by atoms with E-state index in [0.717, 1.165) is 38.5 Å². The van der Waals surface area contributed by atoms with Crippen LogP contribution in [0, 0.1) is 0 Å². The third-order valence-corrected chi connectivity index (χ3v) is 4.34. The summed E-state index contributed by atoms with van der Waals surface area (Å²) in [7, 11) is 0. The van der Waals surface area contributed by atoms with Gasteiger partial charge in [-0.25, -0.2) is 0 Å². The van der Waals surface area contributed by atoms with Gasteiger partial charge in [0.1, 0.15) is 0 Å². The van der Waals surface area contributed by atoms with E-state index in [1.165, 1.54) is 0 Å². The van der Waals surface area contributed by atoms with E-state index in [9.17, 15) is 9.59 Å². The monoisotopic (exact) mass is 420 g/mol. The van der Waals surface area contributed by atoms with E-state index in [4.69, 9.17) is 46.4 Å². The molecule has 0 fully saturated rings. The Morgan fingerprint density at radius 3 is 1.25 bits per heavy atom. The fraction of sp³-hybridized carbons (Fsp3) is 0.875. The molecule has 142 valence electrons. The van der Waals surface area contributed by atoms with Crippen LogP contribution in [0.4, 0.5) is 0 Å². The van der Waals surface area contributed by atoms with Crippen molar-refractivity contribution in [1.82, 2.24) is 9.80 Å². The normalized spacial score (nSPS) is 11.2. The number of amides is 2. The standard InChI is InChI=1S/C16H28Cl4N2O2/c1-3-9-21(15(23)13(17)18)11-7-5-6-8-12-22(10-4-2)16(24)14(19)20/h13-14H,3-12H2,1-2H3. The van der Waals surface area contributed by atoms with Gasteiger partial charge in [-0.05, 0) is 25.7 Å². The molecule has 8 heteroatoms. The van der Waals surface area contributed by atoms with Crippen molar-refractivity contribution in [3.05, 3.63) is 0 Å². The third-order valence-electron chi connectivity index (χ3n) is 3.59. The largest absolute Gasteiger partial charge is 0.340 e. The van der Waals surface area contributed by atoms with Crippen LogP contribution < -0.4 is 0 Å². The fourth-order valence-electron chi connectivity index (χ4n) is 2.44. The van der Waals surface area contributed by atoms with Crippen LogP contribution >= 0.6 is 46.4 Å². The lowest BCUT2D eigenvalue weighted by atomic mass is 10.1. The van der Waals surface area contributed by atoms with Crippen molar-refractivity contribution in [1.29, 1.82) is 0 Å². The molecule has 0 aliphatic carbocycles. The molecule has 24 heavy (non-hydrogen) atoms. The summed E-state index contributed by atoms with van der Waals surface area (Å²) in [5.41, 5.74) is 0. The Labute approximate surface area is 165 Å². The van der Waals surface area contributed by atoms with E-state index < -0.39 is 9.67 Å². The van der Waals surface area contributed by atoms with Crippen molar-refractivity contribution in [3.63, 3.8) is 0 Å². The molecule has 2 amide bonds. The average Bonchev–Trinajstić information content (AvgIpc) is 2.54. The summed E-state index contributed by atoms with van der Waals surface area (Å²) in [5.74, 6) is -0.453. The molecule has 0 spiro atoms. The van der Waals surface area contributed by atoms with Crippen molar-refractivity contribution < 1.29 is 9.59 Å². The van der Waals surface area contributed by atoms with Crippen molar-refractivity contribution in [2.24, 2.45) is 0 Å². The molecule has 0 N–H and O–H groups in total. The molecule has 0 atom stereocenters. The smallest absolute Gasteiger partial charge is 0.255 e. The maximum Gasteiger partial charge on any atom is 0.255 e. The fourth-order valence-corrected chi connectivity index (χ4v) is 2.99. The van der Waals surface area contributed by atoms with Crippen molar-refractivity contribution in [2.75, 3.05) is 26.2 Å². The van der Waals surface area contributed by atoms with E-state index >= 15 is 0 Å². The average molecular weight is 422 g/mol. The Balaban J connectivity index is 4.05. The Hall–Kier alpha value is 0.1000. The van der Waals surface area contributed by atoms with Gasteiger partial charge in [0.2, 0.25) is 0 Å². The number of alkyl halides is 4. The predicted molar refractivity (Wildman–Crippen MR) is 103 cm³/mol. The summed E-state index contributed by atoms with van der Waals surface area (Å²) in [6.45, 7) is 6.67. The molecule has 0 saturated heterocycles. The summed E-state index contributed by atoms with van der Waals surface area (Å²) < 4.78 is 0. The van der Waals surface area contributed by atoms with E-state index in [-0.39, 0.29) is 11.8 Å². The Morgan fingerprint density at radius 2 is 1.00 bits per heavy atom. The first kappa shape index (κ1) is 24.1. The zero-order chi connectivity index (χ0) is 18.5. The minimum absolute atomic E-state index is 0.227. The van der Waals surface area contributed by atoms with Crippen molar-refractivity contribution in [3.8, 4) is 0 Å². The predicted octanol–water partition coefficient (Wildman–Crippen LogP) is 4.63. The zero-order valence-electron chi connectivity index (χ0n) is 14.4. The van der Waals surface area contributed by atoms with Gasteiger partial charge in [-0.2, -0.15) is 0 Å². The van der Waals surface area contributed by atoms with Gasteiger partial charge >= 0.3 is 0 Å². The topological polar surface area (TPSA) is 40.6 Å². The van der Waals surface area contributed by atoms with Crippen LogP contribution in [0.25, 0.3) is 0 Å². The second-order valence-corrected chi connectivity index (χ2v) is 7.86. The number of rotatable bonds is 13. The van der Waals surface area contributed by atoms with E-state index in [1.54, 1.807) is 9.80 Å². The number of carbonyl (C=O) groups excluding carboxylic acids is 2. The highest BCUT2D eigenvalue weighted by atomic mass is 35.5. The molecule has 0 bridgehead atoms. The van der Waals surface area contributed by atoms with Crippen LogP contribution in [0.15, 0.2) is 0 Å². The number of unbranched alkanes of at least 4 members (excludes halogenated alkanes) is 3. The van der Waals surface area contributed by atoms with Crippen LogP contribution in [-0.4, -0.2) is 57.5 Å². The van der Waals surface area contributed by atoms with Gasteiger partial charge in [0.25, 0.3) is 11.8 Å². The van der Waals surface area contributed by atoms with Crippen LogP contribution in [0.5, 0.6) is 0 Å². The maximum atomic E-state index is 11.8. The number of halogens is 4.